The van der Waals surface area contributed by atoms with E-state index in [-0.39, 0.29) is 11.9 Å². The summed E-state index contributed by atoms with van der Waals surface area (Å²) >= 11 is 0. The van der Waals surface area contributed by atoms with Gasteiger partial charge in [0.05, 0.1) is 7.11 Å². The molecule has 1 atom stereocenters. The van der Waals surface area contributed by atoms with E-state index in [9.17, 15) is 4.79 Å². The van der Waals surface area contributed by atoms with Crippen LogP contribution in [0.4, 0.5) is 0 Å². The van der Waals surface area contributed by atoms with E-state index in [4.69, 9.17) is 9.47 Å². The Balaban J connectivity index is 2.11. The molecule has 1 unspecified atom stereocenters. The minimum absolute atomic E-state index is 0.0800. The van der Waals surface area contributed by atoms with Crippen LogP contribution in [0.5, 0.6) is 5.75 Å². The normalized spacial score (nSPS) is 18.7. The Morgan fingerprint density at radius 3 is 2.68 bits per heavy atom. The van der Waals surface area contributed by atoms with E-state index < -0.39 is 0 Å². The van der Waals surface area contributed by atoms with Crippen molar-refractivity contribution in [3.05, 3.63) is 42.0 Å². The first kappa shape index (κ1) is 12.2. The second-order valence-corrected chi connectivity index (χ2v) is 4.73. The number of benzene rings is 2. The molecule has 0 N–H and O–H groups in total. The summed E-state index contributed by atoms with van der Waals surface area (Å²) in [6.45, 7) is 0.685. The van der Waals surface area contributed by atoms with Crippen LogP contribution in [0.2, 0.25) is 0 Å². The molecule has 19 heavy (non-hydrogen) atoms. The van der Waals surface area contributed by atoms with Gasteiger partial charge >= 0.3 is 0 Å². The van der Waals surface area contributed by atoms with Gasteiger partial charge < -0.3 is 9.47 Å². The Kier molecular flexibility index (Phi) is 3.22. The average Bonchev–Trinajstić information content (AvgIpc) is 2.99. The zero-order valence-corrected chi connectivity index (χ0v) is 10.9. The number of fused-ring (bicyclic) bond motifs is 1. The summed E-state index contributed by atoms with van der Waals surface area (Å²) in [5, 5.41) is 1.90. The highest BCUT2D eigenvalue weighted by Gasteiger charge is 2.26. The molecule has 1 heterocycles. The molecule has 1 aliphatic rings. The smallest absolute Gasteiger partial charge is 0.192 e. The molecule has 1 fully saturated rings. The molecular weight excluding hydrogens is 240 g/mol. The summed E-state index contributed by atoms with van der Waals surface area (Å²) in [6.07, 6.45) is 1.50. The van der Waals surface area contributed by atoms with Gasteiger partial charge in [0.25, 0.3) is 0 Å². The highest BCUT2D eigenvalue weighted by atomic mass is 16.5. The van der Waals surface area contributed by atoms with E-state index in [1.54, 1.807) is 7.11 Å². The van der Waals surface area contributed by atoms with Crippen LogP contribution in [0, 0.1) is 0 Å². The Morgan fingerprint density at radius 2 is 2.00 bits per heavy atom. The van der Waals surface area contributed by atoms with Gasteiger partial charge in [0.2, 0.25) is 0 Å². The average molecular weight is 256 g/mol. The molecule has 0 saturated carbocycles. The summed E-state index contributed by atoms with van der Waals surface area (Å²) in [5.74, 6) is 0.871. The second-order valence-electron chi connectivity index (χ2n) is 4.73. The molecule has 0 radical (unpaired) electrons. The Hall–Kier alpha value is -1.87. The van der Waals surface area contributed by atoms with Crippen molar-refractivity contribution in [1.29, 1.82) is 0 Å². The molecule has 1 aliphatic heterocycles. The maximum absolute atomic E-state index is 12.5. The van der Waals surface area contributed by atoms with Crippen LogP contribution in [0.15, 0.2) is 36.4 Å². The van der Waals surface area contributed by atoms with Crippen molar-refractivity contribution in [3.63, 3.8) is 0 Å². The maximum atomic E-state index is 12.5. The molecule has 0 aliphatic carbocycles. The zero-order valence-electron chi connectivity index (χ0n) is 10.9. The standard InChI is InChI=1S/C16H16O3/c1-18-14-9-8-13(11-5-2-3-6-12(11)14)16(17)15-7-4-10-19-15/h2-3,5-6,8-9,15H,4,7,10H2,1H3. The summed E-state index contributed by atoms with van der Waals surface area (Å²) in [7, 11) is 1.64. The molecule has 0 amide bonds. The lowest BCUT2D eigenvalue weighted by molar-refractivity contribution is 0.0644. The quantitative estimate of drug-likeness (QED) is 0.791. The van der Waals surface area contributed by atoms with Crippen molar-refractivity contribution in [2.45, 2.75) is 18.9 Å². The molecule has 3 heteroatoms. The van der Waals surface area contributed by atoms with Gasteiger partial charge in [-0.05, 0) is 30.4 Å². The Morgan fingerprint density at radius 1 is 1.21 bits per heavy atom. The highest BCUT2D eigenvalue weighted by molar-refractivity contribution is 6.11. The number of Topliss-reactive ketones (excluding diaryl/α,β-unsaturated/α-hetero) is 1. The fourth-order valence-corrected chi connectivity index (χ4v) is 2.62. The van der Waals surface area contributed by atoms with Crippen molar-refractivity contribution >= 4 is 16.6 Å². The molecule has 2 aromatic rings. The fraction of sp³-hybridized carbons (Fsp3) is 0.312. The predicted octanol–water partition coefficient (Wildman–Crippen LogP) is 3.21. The zero-order chi connectivity index (χ0) is 13.2. The summed E-state index contributed by atoms with van der Waals surface area (Å²) in [6, 6.07) is 11.5. The van der Waals surface area contributed by atoms with Gasteiger partial charge in [-0.1, -0.05) is 24.3 Å². The van der Waals surface area contributed by atoms with E-state index >= 15 is 0 Å². The number of methoxy groups -OCH3 is 1. The minimum Gasteiger partial charge on any atom is -0.496 e. The number of carbonyl (C=O) groups is 1. The van der Waals surface area contributed by atoms with E-state index in [0.717, 1.165) is 34.9 Å². The first-order valence-electron chi connectivity index (χ1n) is 6.53. The minimum atomic E-state index is -0.281. The van der Waals surface area contributed by atoms with Gasteiger partial charge in [-0.2, -0.15) is 0 Å². The van der Waals surface area contributed by atoms with Gasteiger partial charge in [0.15, 0.2) is 5.78 Å². The Bertz CT molecular complexity index is 612. The van der Waals surface area contributed by atoms with E-state index in [0.29, 0.717) is 6.61 Å². The third kappa shape index (κ3) is 2.10. The largest absolute Gasteiger partial charge is 0.496 e. The fourth-order valence-electron chi connectivity index (χ4n) is 2.62. The molecule has 3 nitrogen and oxygen atoms in total. The molecule has 0 spiro atoms. The highest BCUT2D eigenvalue weighted by Crippen LogP contribution is 2.30. The number of hydrogen-bond donors (Lipinski definition) is 0. The third-order valence-corrected chi connectivity index (χ3v) is 3.59. The van der Waals surface area contributed by atoms with Gasteiger partial charge in [0, 0.05) is 17.6 Å². The van der Waals surface area contributed by atoms with Crippen molar-refractivity contribution in [1.82, 2.24) is 0 Å². The molecule has 98 valence electrons. The number of rotatable bonds is 3. The first-order valence-corrected chi connectivity index (χ1v) is 6.53. The molecule has 3 rings (SSSR count). The van der Waals surface area contributed by atoms with Crippen LogP contribution in [0.3, 0.4) is 0 Å². The molecule has 0 bridgehead atoms. The van der Waals surface area contributed by atoms with Crippen LogP contribution in [0.25, 0.3) is 10.8 Å². The number of ketones is 1. The predicted molar refractivity (Wildman–Crippen MR) is 73.8 cm³/mol. The first-order chi connectivity index (χ1) is 9.31. The van der Waals surface area contributed by atoms with Gasteiger partial charge in [-0.3, -0.25) is 4.79 Å². The monoisotopic (exact) mass is 256 g/mol. The van der Waals surface area contributed by atoms with E-state index in [1.165, 1.54) is 0 Å². The second kappa shape index (κ2) is 5.02. The number of hydrogen-bond acceptors (Lipinski definition) is 3. The van der Waals surface area contributed by atoms with Crippen molar-refractivity contribution in [2.24, 2.45) is 0 Å². The van der Waals surface area contributed by atoms with E-state index in [1.807, 2.05) is 36.4 Å². The molecular formula is C16H16O3. The molecule has 0 aromatic heterocycles. The van der Waals surface area contributed by atoms with Crippen LogP contribution in [-0.2, 0) is 4.74 Å². The van der Waals surface area contributed by atoms with Gasteiger partial charge in [-0.15, -0.1) is 0 Å². The third-order valence-electron chi connectivity index (χ3n) is 3.59. The lowest BCUT2D eigenvalue weighted by atomic mass is 9.97. The number of carbonyl (C=O) groups excluding carboxylic acids is 1. The van der Waals surface area contributed by atoms with Crippen LogP contribution in [0.1, 0.15) is 23.2 Å². The molecule has 1 saturated heterocycles. The SMILES string of the molecule is COc1ccc(C(=O)C2CCCO2)c2ccccc12. The van der Waals surface area contributed by atoms with Crippen molar-refractivity contribution < 1.29 is 14.3 Å². The van der Waals surface area contributed by atoms with Crippen LogP contribution >= 0.6 is 0 Å². The van der Waals surface area contributed by atoms with E-state index in [2.05, 4.69) is 0 Å². The van der Waals surface area contributed by atoms with Gasteiger partial charge in [-0.25, -0.2) is 0 Å². The lowest BCUT2D eigenvalue weighted by Gasteiger charge is -2.12. The van der Waals surface area contributed by atoms with Crippen LogP contribution in [-0.4, -0.2) is 25.6 Å². The summed E-state index contributed by atoms with van der Waals surface area (Å²) in [4.78, 5) is 12.5. The van der Waals surface area contributed by atoms with Crippen molar-refractivity contribution in [3.8, 4) is 5.75 Å². The maximum Gasteiger partial charge on any atom is 0.192 e. The van der Waals surface area contributed by atoms with Crippen molar-refractivity contribution in [2.75, 3.05) is 13.7 Å². The van der Waals surface area contributed by atoms with Crippen LogP contribution < -0.4 is 4.74 Å². The lowest BCUT2D eigenvalue weighted by Crippen LogP contribution is -2.19. The topological polar surface area (TPSA) is 35.5 Å². The Labute approximate surface area is 112 Å². The molecule has 2 aromatic carbocycles. The number of ether oxygens (including phenoxy) is 2. The summed E-state index contributed by atoms with van der Waals surface area (Å²) < 4.78 is 10.8. The van der Waals surface area contributed by atoms with Gasteiger partial charge in [0.1, 0.15) is 11.9 Å². The summed E-state index contributed by atoms with van der Waals surface area (Å²) in [5.41, 5.74) is 0.725.